The molecule has 0 aromatic carbocycles. The second-order valence-electron chi connectivity index (χ2n) is 7.74. The van der Waals surface area contributed by atoms with Crippen molar-refractivity contribution in [3.8, 4) is 11.3 Å². The molecule has 0 aliphatic heterocycles. The zero-order chi connectivity index (χ0) is 20.4. The van der Waals surface area contributed by atoms with Gasteiger partial charge in [0.05, 0.1) is 22.7 Å². The average Bonchev–Trinajstić information content (AvgIpc) is 3.37. The zero-order valence-corrected chi connectivity index (χ0v) is 18.2. The van der Waals surface area contributed by atoms with Crippen LogP contribution in [0.2, 0.25) is 0 Å². The summed E-state index contributed by atoms with van der Waals surface area (Å²) < 4.78 is 5.43. The fourth-order valence-electron chi connectivity index (χ4n) is 3.72. The summed E-state index contributed by atoms with van der Waals surface area (Å²) in [6.07, 6.45) is 6.08. The average molecular weight is 432 g/mol. The van der Waals surface area contributed by atoms with Crippen molar-refractivity contribution in [3.05, 3.63) is 40.0 Å². The lowest BCUT2D eigenvalue weighted by Crippen LogP contribution is -2.38. The molecular weight excluding hydrogens is 406 g/mol. The Labute approximate surface area is 177 Å². The first-order valence-corrected chi connectivity index (χ1v) is 11.9. The van der Waals surface area contributed by atoms with Crippen LogP contribution in [0.1, 0.15) is 50.6 Å². The molecule has 3 heterocycles. The van der Waals surface area contributed by atoms with Gasteiger partial charge in [-0.2, -0.15) is 0 Å². The fourth-order valence-corrected chi connectivity index (χ4v) is 5.41. The first kappa shape index (κ1) is 20.2. The van der Waals surface area contributed by atoms with Crippen molar-refractivity contribution < 1.29 is 9.21 Å². The molecule has 29 heavy (non-hydrogen) atoms. The van der Waals surface area contributed by atoms with E-state index in [1.54, 1.807) is 12.3 Å². The summed E-state index contributed by atoms with van der Waals surface area (Å²) in [6.45, 7) is 4.23. The van der Waals surface area contributed by atoms with Crippen molar-refractivity contribution >= 4 is 39.2 Å². The summed E-state index contributed by atoms with van der Waals surface area (Å²) in [5.41, 5.74) is 0.586. The van der Waals surface area contributed by atoms with Crippen LogP contribution in [0, 0.1) is 5.92 Å². The number of thiophene rings is 1. The number of rotatable bonds is 6. The molecule has 1 fully saturated rings. The molecule has 8 heteroatoms. The number of furan rings is 1. The van der Waals surface area contributed by atoms with Gasteiger partial charge in [0.1, 0.15) is 16.4 Å². The Morgan fingerprint density at radius 2 is 2.21 bits per heavy atom. The third-order valence-corrected chi connectivity index (χ3v) is 7.50. The minimum atomic E-state index is -0.175. The van der Waals surface area contributed by atoms with Crippen molar-refractivity contribution in [3.63, 3.8) is 0 Å². The Morgan fingerprint density at radius 1 is 1.41 bits per heavy atom. The lowest BCUT2D eigenvalue weighted by molar-refractivity contribution is -0.119. The van der Waals surface area contributed by atoms with Gasteiger partial charge >= 0.3 is 0 Å². The Balaban J connectivity index is 1.40. The quantitative estimate of drug-likeness (QED) is 0.589. The van der Waals surface area contributed by atoms with Crippen LogP contribution < -0.4 is 10.9 Å². The molecule has 2 N–H and O–H groups in total. The Kier molecular flexibility index (Phi) is 6.10. The molecule has 1 aliphatic carbocycles. The third-order valence-electron chi connectivity index (χ3n) is 5.48. The SMILES string of the molecule is CC1CCC(NC(=O)CSC(C)c2nc3scc(-c4ccco4)c3c(=O)[nH]2)CC1. The van der Waals surface area contributed by atoms with E-state index in [0.717, 1.165) is 24.3 Å². The van der Waals surface area contributed by atoms with Gasteiger partial charge in [-0.05, 0) is 50.7 Å². The van der Waals surface area contributed by atoms with Gasteiger partial charge in [0.2, 0.25) is 5.91 Å². The molecule has 1 unspecified atom stereocenters. The van der Waals surface area contributed by atoms with Crippen LogP contribution in [0.25, 0.3) is 21.5 Å². The molecule has 154 valence electrons. The summed E-state index contributed by atoms with van der Waals surface area (Å²) in [6, 6.07) is 3.93. The molecular formula is C21H25N3O3S2. The summed E-state index contributed by atoms with van der Waals surface area (Å²) in [7, 11) is 0. The van der Waals surface area contributed by atoms with Crippen molar-refractivity contribution in [1.29, 1.82) is 0 Å². The summed E-state index contributed by atoms with van der Waals surface area (Å²) in [4.78, 5) is 33.2. The fraction of sp³-hybridized carbons (Fsp3) is 0.476. The second kappa shape index (κ2) is 8.75. The number of hydrogen-bond acceptors (Lipinski definition) is 6. The van der Waals surface area contributed by atoms with E-state index in [2.05, 4.69) is 22.2 Å². The number of fused-ring (bicyclic) bond motifs is 1. The molecule has 0 spiro atoms. The molecule has 0 bridgehead atoms. The topological polar surface area (TPSA) is 88.0 Å². The number of aromatic nitrogens is 2. The van der Waals surface area contributed by atoms with E-state index in [1.807, 2.05) is 18.4 Å². The number of carbonyl (C=O) groups excluding carboxylic acids is 1. The highest BCUT2D eigenvalue weighted by Crippen LogP contribution is 2.33. The van der Waals surface area contributed by atoms with E-state index >= 15 is 0 Å². The molecule has 1 amide bonds. The van der Waals surface area contributed by atoms with E-state index in [0.29, 0.717) is 33.6 Å². The summed E-state index contributed by atoms with van der Waals surface area (Å²) in [5, 5.41) is 5.51. The molecule has 1 atom stereocenters. The van der Waals surface area contributed by atoms with Crippen LogP contribution in [-0.4, -0.2) is 27.7 Å². The molecule has 6 nitrogen and oxygen atoms in total. The van der Waals surface area contributed by atoms with E-state index < -0.39 is 0 Å². The largest absolute Gasteiger partial charge is 0.464 e. The maximum absolute atomic E-state index is 12.7. The van der Waals surface area contributed by atoms with Crippen LogP contribution >= 0.6 is 23.1 Å². The molecule has 1 saturated carbocycles. The molecule has 1 aliphatic rings. The van der Waals surface area contributed by atoms with E-state index in [9.17, 15) is 9.59 Å². The minimum absolute atomic E-state index is 0.0565. The molecule has 0 radical (unpaired) electrons. The monoisotopic (exact) mass is 431 g/mol. The van der Waals surface area contributed by atoms with E-state index in [4.69, 9.17) is 4.42 Å². The first-order chi connectivity index (χ1) is 14.0. The Bertz CT molecular complexity index is 1030. The third kappa shape index (κ3) is 4.59. The van der Waals surface area contributed by atoms with Gasteiger partial charge in [-0.15, -0.1) is 23.1 Å². The van der Waals surface area contributed by atoms with Crippen LogP contribution in [0.3, 0.4) is 0 Å². The zero-order valence-electron chi connectivity index (χ0n) is 16.6. The van der Waals surface area contributed by atoms with Gasteiger partial charge in [-0.25, -0.2) is 4.98 Å². The first-order valence-electron chi connectivity index (χ1n) is 9.97. The van der Waals surface area contributed by atoms with Crippen LogP contribution in [0.5, 0.6) is 0 Å². The number of hydrogen-bond donors (Lipinski definition) is 2. The number of amides is 1. The lowest BCUT2D eigenvalue weighted by Gasteiger charge is -2.27. The van der Waals surface area contributed by atoms with Crippen molar-refractivity contribution in [2.24, 2.45) is 5.92 Å². The highest BCUT2D eigenvalue weighted by molar-refractivity contribution is 8.00. The van der Waals surface area contributed by atoms with Crippen molar-refractivity contribution in [2.75, 3.05) is 5.75 Å². The van der Waals surface area contributed by atoms with Gasteiger partial charge in [-0.1, -0.05) is 6.92 Å². The van der Waals surface area contributed by atoms with Crippen LogP contribution in [0.4, 0.5) is 0 Å². The van der Waals surface area contributed by atoms with Crippen LogP contribution in [0.15, 0.2) is 33.0 Å². The van der Waals surface area contributed by atoms with E-state index in [1.165, 1.54) is 35.9 Å². The number of H-pyrrole nitrogens is 1. The summed E-state index contributed by atoms with van der Waals surface area (Å²) in [5.74, 6) is 2.44. The number of nitrogens with zero attached hydrogens (tertiary/aromatic N) is 1. The molecule has 3 aromatic rings. The predicted molar refractivity (Wildman–Crippen MR) is 118 cm³/mol. The van der Waals surface area contributed by atoms with Gasteiger partial charge in [0.25, 0.3) is 5.56 Å². The van der Waals surface area contributed by atoms with Crippen molar-refractivity contribution in [1.82, 2.24) is 15.3 Å². The molecule has 3 aromatic heterocycles. The number of thioether (sulfide) groups is 1. The molecule has 4 rings (SSSR count). The smallest absolute Gasteiger partial charge is 0.260 e. The number of aromatic amines is 1. The maximum atomic E-state index is 12.7. The summed E-state index contributed by atoms with van der Waals surface area (Å²) >= 11 is 2.92. The minimum Gasteiger partial charge on any atom is -0.464 e. The lowest BCUT2D eigenvalue weighted by atomic mass is 9.87. The maximum Gasteiger partial charge on any atom is 0.260 e. The highest BCUT2D eigenvalue weighted by atomic mass is 32.2. The van der Waals surface area contributed by atoms with Gasteiger partial charge in [-0.3, -0.25) is 9.59 Å². The normalized spacial score (nSPS) is 20.6. The predicted octanol–water partition coefficient (Wildman–Crippen LogP) is 4.73. The number of nitrogens with one attached hydrogen (secondary N) is 2. The Morgan fingerprint density at radius 3 is 2.93 bits per heavy atom. The van der Waals surface area contributed by atoms with Gasteiger partial charge < -0.3 is 14.7 Å². The molecule has 0 saturated heterocycles. The standard InChI is InChI=1S/C21H25N3O3S2/c1-12-5-7-14(8-6-12)22-17(25)11-28-13(2)19-23-20(26)18-15(10-29-21(18)24-19)16-4-3-9-27-16/h3-4,9-10,12-14H,5-8,11H2,1-2H3,(H,22,25)(H,23,24,26). The van der Waals surface area contributed by atoms with E-state index in [-0.39, 0.29) is 16.7 Å². The van der Waals surface area contributed by atoms with Crippen molar-refractivity contribution in [2.45, 2.75) is 50.8 Å². The highest BCUT2D eigenvalue weighted by Gasteiger charge is 2.21. The number of carbonyl (C=O) groups is 1. The van der Waals surface area contributed by atoms with Gasteiger partial charge in [0.15, 0.2) is 0 Å². The van der Waals surface area contributed by atoms with Gasteiger partial charge in [0, 0.05) is 17.0 Å². The second-order valence-corrected chi connectivity index (χ2v) is 9.92. The Hall–Kier alpha value is -2.06. The van der Waals surface area contributed by atoms with Crippen LogP contribution in [-0.2, 0) is 4.79 Å².